The summed E-state index contributed by atoms with van der Waals surface area (Å²) in [4.78, 5) is 41.8. The SMILES string of the molecule is COc1cccc(NC(=O)CN(C)C(=O)C2CCN(C(=O)c3cccc4ccccc34)CC2)c1. The third-order valence-electron chi connectivity index (χ3n) is 6.26. The van der Waals surface area contributed by atoms with E-state index in [4.69, 9.17) is 4.74 Å². The summed E-state index contributed by atoms with van der Waals surface area (Å²) in [6, 6.07) is 20.7. The van der Waals surface area contributed by atoms with Crippen molar-refractivity contribution in [3.05, 3.63) is 72.3 Å². The molecule has 0 bridgehead atoms. The van der Waals surface area contributed by atoms with Crippen molar-refractivity contribution in [3.63, 3.8) is 0 Å². The fourth-order valence-electron chi connectivity index (χ4n) is 4.42. The molecule has 0 unspecified atom stereocenters. The highest BCUT2D eigenvalue weighted by atomic mass is 16.5. The van der Waals surface area contributed by atoms with Crippen LogP contribution in [0.2, 0.25) is 0 Å². The number of benzene rings is 3. The van der Waals surface area contributed by atoms with Crippen LogP contribution in [0, 0.1) is 5.92 Å². The average Bonchev–Trinajstić information content (AvgIpc) is 2.87. The van der Waals surface area contributed by atoms with Crippen LogP contribution in [0.25, 0.3) is 10.8 Å². The first kappa shape index (κ1) is 23.3. The van der Waals surface area contributed by atoms with Crippen molar-refractivity contribution in [2.45, 2.75) is 12.8 Å². The van der Waals surface area contributed by atoms with E-state index in [2.05, 4.69) is 5.32 Å². The number of carbonyl (C=O) groups is 3. The minimum absolute atomic E-state index is 0.00581. The molecule has 1 heterocycles. The average molecular weight is 460 g/mol. The molecule has 0 aliphatic carbocycles. The van der Waals surface area contributed by atoms with Gasteiger partial charge in [-0.15, -0.1) is 0 Å². The van der Waals surface area contributed by atoms with E-state index in [9.17, 15) is 14.4 Å². The Morgan fingerprint density at radius 3 is 2.47 bits per heavy atom. The van der Waals surface area contributed by atoms with Gasteiger partial charge in [0.05, 0.1) is 13.7 Å². The van der Waals surface area contributed by atoms with Gasteiger partial charge in [0.1, 0.15) is 5.75 Å². The Morgan fingerprint density at radius 1 is 1.00 bits per heavy atom. The molecule has 0 atom stereocenters. The smallest absolute Gasteiger partial charge is 0.254 e. The van der Waals surface area contributed by atoms with Crippen molar-refractivity contribution < 1.29 is 19.1 Å². The van der Waals surface area contributed by atoms with Gasteiger partial charge < -0.3 is 19.9 Å². The van der Waals surface area contributed by atoms with E-state index in [1.807, 2.05) is 47.4 Å². The summed E-state index contributed by atoms with van der Waals surface area (Å²) in [7, 11) is 3.20. The van der Waals surface area contributed by atoms with Crippen molar-refractivity contribution in [2.24, 2.45) is 5.92 Å². The van der Waals surface area contributed by atoms with Gasteiger partial charge in [-0.2, -0.15) is 0 Å². The zero-order valence-corrected chi connectivity index (χ0v) is 19.5. The number of ether oxygens (including phenoxy) is 1. The first-order valence-corrected chi connectivity index (χ1v) is 11.4. The molecule has 0 spiro atoms. The van der Waals surface area contributed by atoms with Crippen LogP contribution in [0.4, 0.5) is 5.69 Å². The molecule has 3 aromatic carbocycles. The summed E-state index contributed by atoms with van der Waals surface area (Å²) in [6.07, 6.45) is 1.16. The molecule has 1 aliphatic rings. The lowest BCUT2D eigenvalue weighted by molar-refractivity contribution is -0.138. The van der Waals surface area contributed by atoms with Gasteiger partial charge in [0.2, 0.25) is 11.8 Å². The molecular weight excluding hydrogens is 430 g/mol. The Balaban J connectivity index is 1.31. The molecule has 0 aromatic heterocycles. The Hall–Kier alpha value is -3.87. The highest BCUT2D eigenvalue weighted by Gasteiger charge is 2.30. The number of likely N-dealkylation sites (N-methyl/N-ethyl adjacent to an activating group) is 1. The molecule has 4 rings (SSSR count). The van der Waals surface area contributed by atoms with E-state index in [-0.39, 0.29) is 30.2 Å². The number of nitrogens with one attached hydrogen (secondary N) is 1. The molecule has 1 aliphatic heterocycles. The number of hydrogen-bond acceptors (Lipinski definition) is 4. The second-order valence-electron chi connectivity index (χ2n) is 8.57. The lowest BCUT2D eigenvalue weighted by Crippen LogP contribution is -2.45. The number of piperidine rings is 1. The maximum atomic E-state index is 13.2. The lowest BCUT2D eigenvalue weighted by atomic mass is 9.94. The first-order valence-electron chi connectivity index (χ1n) is 11.4. The summed E-state index contributed by atoms with van der Waals surface area (Å²) < 4.78 is 5.17. The zero-order valence-electron chi connectivity index (χ0n) is 19.5. The van der Waals surface area contributed by atoms with Gasteiger partial charge in [0, 0.05) is 43.4 Å². The van der Waals surface area contributed by atoms with Crippen molar-refractivity contribution in [1.29, 1.82) is 0 Å². The predicted octanol–water partition coefficient (Wildman–Crippen LogP) is 3.80. The van der Waals surface area contributed by atoms with Gasteiger partial charge in [-0.3, -0.25) is 14.4 Å². The summed E-state index contributed by atoms with van der Waals surface area (Å²) in [5, 5.41) is 4.77. The number of anilines is 1. The van der Waals surface area contributed by atoms with Crippen LogP contribution < -0.4 is 10.1 Å². The topological polar surface area (TPSA) is 79.0 Å². The predicted molar refractivity (Wildman–Crippen MR) is 132 cm³/mol. The Labute approximate surface area is 199 Å². The minimum Gasteiger partial charge on any atom is -0.497 e. The summed E-state index contributed by atoms with van der Waals surface area (Å²) in [5.74, 6) is 0.0951. The van der Waals surface area contributed by atoms with E-state index in [0.717, 1.165) is 10.8 Å². The van der Waals surface area contributed by atoms with Gasteiger partial charge in [-0.05, 0) is 41.8 Å². The number of methoxy groups -OCH3 is 1. The van der Waals surface area contributed by atoms with E-state index in [1.54, 1.807) is 38.4 Å². The van der Waals surface area contributed by atoms with E-state index in [0.29, 0.717) is 42.9 Å². The quantitative estimate of drug-likeness (QED) is 0.608. The standard InChI is InChI=1S/C27H29N3O4/c1-29(18-25(31)28-21-9-6-10-22(17-21)34-2)26(32)20-13-15-30(16-14-20)27(33)24-12-5-8-19-7-3-4-11-23(19)24/h3-12,17,20H,13-16,18H2,1-2H3,(H,28,31). The number of amides is 3. The summed E-state index contributed by atoms with van der Waals surface area (Å²) in [6.45, 7) is 0.996. The number of rotatable bonds is 6. The van der Waals surface area contributed by atoms with Crippen LogP contribution in [-0.2, 0) is 9.59 Å². The molecule has 7 heteroatoms. The molecule has 34 heavy (non-hydrogen) atoms. The van der Waals surface area contributed by atoms with Crippen LogP contribution in [0.5, 0.6) is 5.75 Å². The summed E-state index contributed by atoms with van der Waals surface area (Å²) >= 11 is 0. The van der Waals surface area contributed by atoms with Crippen LogP contribution >= 0.6 is 0 Å². The molecule has 176 valence electrons. The maximum absolute atomic E-state index is 13.2. The van der Waals surface area contributed by atoms with Gasteiger partial charge in [0.15, 0.2) is 0 Å². The molecule has 3 amide bonds. The maximum Gasteiger partial charge on any atom is 0.254 e. The van der Waals surface area contributed by atoms with Crippen molar-refractivity contribution in [1.82, 2.24) is 9.80 Å². The monoisotopic (exact) mass is 459 g/mol. The number of hydrogen-bond donors (Lipinski definition) is 1. The second kappa shape index (κ2) is 10.4. The van der Waals surface area contributed by atoms with Crippen LogP contribution in [0.3, 0.4) is 0 Å². The molecule has 0 radical (unpaired) electrons. The number of nitrogens with zero attached hydrogens (tertiary/aromatic N) is 2. The van der Waals surface area contributed by atoms with Gasteiger partial charge in [-0.1, -0.05) is 42.5 Å². The highest BCUT2D eigenvalue weighted by Crippen LogP contribution is 2.24. The fourth-order valence-corrected chi connectivity index (χ4v) is 4.42. The molecule has 7 nitrogen and oxygen atoms in total. The minimum atomic E-state index is -0.271. The number of carbonyl (C=O) groups excluding carboxylic acids is 3. The van der Waals surface area contributed by atoms with E-state index < -0.39 is 0 Å². The van der Waals surface area contributed by atoms with E-state index in [1.165, 1.54) is 4.90 Å². The normalized spacial score (nSPS) is 14.0. The van der Waals surface area contributed by atoms with Crippen LogP contribution in [-0.4, -0.2) is 61.3 Å². The van der Waals surface area contributed by atoms with Gasteiger partial charge in [0.25, 0.3) is 5.91 Å². The number of likely N-dealkylation sites (tertiary alicyclic amines) is 1. The van der Waals surface area contributed by atoms with Crippen molar-refractivity contribution in [2.75, 3.05) is 39.1 Å². The third kappa shape index (κ3) is 5.20. The molecular formula is C27H29N3O4. The lowest BCUT2D eigenvalue weighted by Gasteiger charge is -2.33. The fraction of sp³-hybridized carbons (Fsp3) is 0.296. The highest BCUT2D eigenvalue weighted by molar-refractivity contribution is 6.07. The molecule has 0 saturated carbocycles. The van der Waals surface area contributed by atoms with E-state index >= 15 is 0 Å². The van der Waals surface area contributed by atoms with Crippen LogP contribution in [0.15, 0.2) is 66.7 Å². The van der Waals surface area contributed by atoms with Gasteiger partial charge in [-0.25, -0.2) is 0 Å². The van der Waals surface area contributed by atoms with Crippen molar-refractivity contribution in [3.8, 4) is 5.75 Å². The zero-order chi connectivity index (χ0) is 24.1. The Kier molecular flexibility index (Phi) is 7.11. The molecule has 1 saturated heterocycles. The number of fused-ring (bicyclic) bond motifs is 1. The Bertz CT molecular complexity index is 1200. The molecule has 3 aromatic rings. The molecule has 1 N–H and O–H groups in total. The largest absolute Gasteiger partial charge is 0.497 e. The molecule has 1 fully saturated rings. The van der Waals surface area contributed by atoms with Crippen LogP contribution in [0.1, 0.15) is 23.2 Å². The second-order valence-corrected chi connectivity index (χ2v) is 8.57. The van der Waals surface area contributed by atoms with Gasteiger partial charge >= 0.3 is 0 Å². The first-order chi connectivity index (χ1) is 16.5. The Morgan fingerprint density at radius 2 is 1.71 bits per heavy atom. The summed E-state index contributed by atoms with van der Waals surface area (Å²) in [5.41, 5.74) is 1.31. The third-order valence-corrected chi connectivity index (χ3v) is 6.26. The van der Waals surface area contributed by atoms with Crippen molar-refractivity contribution >= 4 is 34.2 Å².